The second-order valence-electron chi connectivity index (χ2n) is 8.49. The Hall–Kier alpha value is -2.65. The molecule has 178 valence electrons. The van der Waals surface area contributed by atoms with Gasteiger partial charge in [-0.25, -0.2) is 0 Å². The van der Waals surface area contributed by atoms with Crippen molar-refractivity contribution in [2.24, 2.45) is 28.3 Å². The van der Waals surface area contributed by atoms with Gasteiger partial charge in [0.05, 0.1) is 6.04 Å². The van der Waals surface area contributed by atoms with E-state index >= 15 is 0 Å². The predicted molar refractivity (Wildman–Crippen MR) is 121 cm³/mol. The zero-order valence-corrected chi connectivity index (χ0v) is 19.4. The average molecular weight is 441 g/mol. The van der Waals surface area contributed by atoms with Crippen LogP contribution in [0.4, 0.5) is 0 Å². The van der Waals surface area contributed by atoms with Crippen molar-refractivity contribution in [2.45, 2.75) is 84.8 Å². The van der Waals surface area contributed by atoms with Gasteiger partial charge in [0.2, 0.25) is 17.7 Å². The molecule has 10 heteroatoms. The molecule has 0 aliphatic rings. The maximum atomic E-state index is 12.8. The fraction of sp³-hybridized carbons (Fsp3) is 0.762. The number of aldehydes is 1. The monoisotopic (exact) mass is 440 g/mol. The minimum atomic E-state index is -0.819. The number of guanidine groups is 1. The highest BCUT2D eigenvalue weighted by Crippen LogP contribution is 2.10. The van der Waals surface area contributed by atoms with E-state index < -0.39 is 29.9 Å². The van der Waals surface area contributed by atoms with Crippen LogP contribution in [0.5, 0.6) is 0 Å². The summed E-state index contributed by atoms with van der Waals surface area (Å²) in [6.45, 7) is 9.83. The standard InChI is InChI=1S/C21H40N6O4/c1-6-18(29)26-16(10-13(2)3)20(31)27-17(11-14(4)5)19(30)25-15(12-28)8-7-9-24-21(22)23/h12-17H,6-11H2,1-5H3,(H,25,30)(H,26,29)(H,27,31)(H4,22,23,24)/t15-,16+,17-/m0/s1. The van der Waals surface area contributed by atoms with Crippen molar-refractivity contribution in [2.75, 3.05) is 6.54 Å². The molecular formula is C21H40N6O4. The number of aliphatic imine (C=N–C) groups is 1. The number of nitrogens with zero attached hydrogens (tertiary/aromatic N) is 1. The van der Waals surface area contributed by atoms with Gasteiger partial charge in [0.1, 0.15) is 18.4 Å². The van der Waals surface area contributed by atoms with Crippen LogP contribution in [-0.4, -0.2) is 54.6 Å². The molecule has 10 nitrogen and oxygen atoms in total. The lowest BCUT2D eigenvalue weighted by atomic mass is 9.99. The number of rotatable bonds is 15. The van der Waals surface area contributed by atoms with Crippen LogP contribution in [-0.2, 0) is 19.2 Å². The lowest BCUT2D eigenvalue weighted by Gasteiger charge is -2.26. The lowest BCUT2D eigenvalue weighted by Crippen LogP contribution is -2.55. The van der Waals surface area contributed by atoms with Gasteiger partial charge < -0.3 is 32.2 Å². The van der Waals surface area contributed by atoms with E-state index in [1.807, 2.05) is 27.7 Å². The molecule has 0 aliphatic heterocycles. The van der Waals surface area contributed by atoms with E-state index in [0.29, 0.717) is 38.5 Å². The van der Waals surface area contributed by atoms with Gasteiger partial charge in [0, 0.05) is 13.0 Å². The van der Waals surface area contributed by atoms with E-state index in [1.54, 1.807) is 6.92 Å². The molecule has 0 aliphatic carbocycles. The van der Waals surface area contributed by atoms with Crippen LogP contribution in [0.25, 0.3) is 0 Å². The molecule has 7 N–H and O–H groups in total. The molecule has 0 heterocycles. The van der Waals surface area contributed by atoms with Crippen LogP contribution in [0.2, 0.25) is 0 Å². The summed E-state index contributed by atoms with van der Waals surface area (Å²) in [4.78, 5) is 52.7. The van der Waals surface area contributed by atoms with Crippen molar-refractivity contribution in [1.82, 2.24) is 16.0 Å². The van der Waals surface area contributed by atoms with Gasteiger partial charge in [-0.3, -0.25) is 19.4 Å². The van der Waals surface area contributed by atoms with Gasteiger partial charge in [-0.1, -0.05) is 34.6 Å². The molecule has 0 radical (unpaired) electrons. The smallest absolute Gasteiger partial charge is 0.243 e. The number of nitrogens with two attached hydrogens (primary N) is 2. The first kappa shape index (κ1) is 28.4. The van der Waals surface area contributed by atoms with Crippen molar-refractivity contribution in [3.63, 3.8) is 0 Å². The average Bonchev–Trinajstić information content (AvgIpc) is 2.67. The number of carbonyl (C=O) groups is 4. The van der Waals surface area contributed by atoms with Crippen LogP contribution in [0, 0.1) is 11.8 Å². The number of nitrogens with one attached hydrogen (secondary N) is 3. The first-order valence-corrected chi connectivity index (χ1v) is 10.9. The predicted octanol–water partition coefficient (Wildman–Crippen LogP) is 0.196. The Morgan fingerprint density at radius 3 is 1.87 bits per heavy atom. The number of hydrogen-bond acceptors (Lipinski definition) is 5. The third kappa shape index (κ3) is 13.3. The second kappa shape index (κ2) is 15.2. The highest BCUT2D eigenvalue weighted by atomic mass is 16.2. The molecule has 0 unspecified atom stereocenters. The van der Waals surface area contributed by atoms with Crippen molar-refractivity contribution >= 4 is 30.0 Å². The maximum absolute atomic E-state index is 12.8. The largest absolute Gasteiger partial charge is 0.370 e. The van der Waals surface area contributed by atoms with Gasteiger partial charge in [0.25, 0.3) is 0 Å². The molecule has 0 saturated heterocycles. The number of amides is 3. The fourth-order valence-electron chi connectivity index (χ4n) is 2.95. The van der Waals surface area contributed by atoms with E-state index in [-0.39, 0.29) is 30.1 Å². The molecule has 0 spiro atoms. The molecule has 31 heavy (non-hydrogen) atoms. The van der Waals surface area contributed by atoms with E-state index in [2.05, 4.69) is 20.9 Å². The summed E-state index contributed by atoms with van der Waals surface area (Å²) in [7, 11) is 0. The Balaban J connectivity index is 5.16. The normalized spacial score (nSPS) is 13.8. The summed E-state index contributed by atoms with van der Waals surface area (Å²) in [5.41, 5.74) is 10.5. The molecule has 0 fully saturated rings. The van der Waals surface area contributed by atoms with Crippen molar-refractivity contribution < 1.29 is 19.2 Å². The van der Waals surface area contributed by atoms with Gasteiger partial charge >= 0.3 is 0 Å². The molecule has 3 atom stereocenters. The van der Waals surface area contributed by atoms with E-state index in [9.17, 15) is 19.2 Å². The SMILES string of the molecule is CCC(=O)N[C@H](CC(C)C)C(=O)N[C@@H](CC(C)C)C(=O)N[C@H](C=O)CCCN=C(N)N. The van der Waals surface area contributed by atoms with Crippen LogP contribution >= 0.6 is 0 Å². The Morgan fingerprint density at radius 2 is 1.42 bits per heavy atom. The molecule has 0 aromatic rings. The van der Waals surface area contributed by atoms with E-state index in [0.717, 1.165) is 0 Å². The molecule has 0 bridgehead atoms. The lowest BCUT2D eigenvalue weighted by molar-refractivity contribution is -0.133. The Labute approximate surface area is 185 Å². The summed E-state index contributed by atoms with van der Waals surface area (Å²) >= 11 is 0. The van der Waals surface area contributed by atoms with E-state index in [4.69, 9.17) is 11.5 Å². The molecule has 3 amide bonds. The quantitative estimate of drug-likeness (QED) is 0.105. The van der Waals surface area contributed by atoms with Crippen LogP contribution in [0.3, 0.4) is 0 Å². The van der Waals surface area contributed by atoms with Crippen molar-refractivity contribution in [3.8, 4) is 0 Å². The fourth-order valence-corrected chi connectivity index (χ4v) is 2.95. The van der Waals surface area contributed by atoms with Crippen molar-refractivity contribution in [1.29, 1.82) is 0 Å². The highest BCUT2D eigenvalue weighted by molar-refractivity contribution is 5.92. The third-order valence-corrected chi connectivity index (χ3v) is 4.48. The molecule has 0 aromatic carbocycles. The molecule has 0 rings (SSSR count). The topological polar surface area (TPSA) is 169 Å². The molecule has 0 saturated carbocycles. The third-order valence-electron chi connectivity index (χ3n) is 4.48. The Morgan fingerprint density at radius 1 is 0.903 bits per heavy atom. The first-order valence-electron chi connectivity index (χ1n) is 10.9. The number of carbonyl (C=O) groups excluding carboxylic acids is 4. The van der Waals surface area contributed by atoms with Crippen LogP contribution < -0.4 is 27.4 Å². The summed E-state index contributed by atoms with van der Waals surface area (Å²) in [6.07, 6.45) is 2.66. The summed E-state index contributed by atoms with van der Waals surface area (Å²) in [6, 6.07) is -2.25. The summed E-state index contributed by atoms with van der Waals surface area (Å²) in [5.74, 6) is -0.806. The van der Waals surface area contributed by atoms with Gasteiger partial charge in [-0.15, -0.1) is 0 Å². The summed E-state index contributed by atoms with van der Waals surface area (Å²) in [5, 5.41) is 8.15. The van der Waals surface area contributed by atoms with Gasteiger partial charge in [-0.05, 0) is 37.5 Å². The Bertz CT molecular complexity index is 617. The molecule has 0 aromatic heterocycles. The highest BCUT2D eigenvalue weighted by Gasteiger charge is 2.28. The van der Waals surface area contributed by atoms with E-state index in [1.165, 1.54) is 0 Å². The van der Waals surface area contributed by atoms with Gasteiger partial charge in [0.15, 0.2) is 5.96 Å². The second-order valence-corrected chi connectivity index (χ2v) is 8.49. The minimum absolute atomic E-state index is 0.0301. The zero-order chi connectivity index (χ0) is 24.0. The maximum Gasteiger partial charge on any atom is 0.243 e. The van der Waals surface area contributed by atoms with Crippen molar-refractivity contribution in [3.05, 3.63) is 0 Å². The van der Waals surface area contributed by atoms with Crippen LogP contribution in [0.1, 0.15) is 66.7 Å². The minimum Gasteiger partial charge on any atom is -0.370 e. The summed E-state index contributed by atoms with van der Waals surface area (Å²) < 4.78 is 0. The zero-order valence-electron chi connectivity index (χ0n) is 19.4. The van der Waals surface area contributed by atoms with Crippen LogP contribution in [0.15, 0.2) is 4.99 Å². The number of hydrogen-bond donors (Lipinski definition) is 5. The Kier molecular flexibility index (Phi) is 13.9. The first-order chi connectivity index (χ1) is 14.5. The van der Waals surface area contributed by atoms with Gasteiger partial charge in [-0.2, -0.15) is 0 Å². The molecular weight excluding hydrogens is 400 g/mol.